The molecule has 2 atom stereocenters. The van der Waals surface area contributed by atoms with E-state index in [1.807, 2.05) is 0 Å². The lowest BCUT2D eigenvalue weighted by Crippen LogP contribution is -2.33. The van der Waals surface area contributed by atoms with Gasteiger partial charge in [-0.15, -0.1) is 0 Å². The lowest BCUT2D eigenvalue weighted by atomic mass is 9.84. The van der Waals surface area contributed by atoms with Crippen LogP contribution in [0.1, 0.15) is 77.5 Å². The van der Waals surface area contributed by atoms with Crippen molar-refractivity contribution in [2.24, 2.45) is 5.92 Å². The van der Waals surface area contributed by atoms with Crippen molar-refractivity contribution in [3.8, 4) is 0 Å². The van der Waals surface area contributed by atoms with Crippen LogP contribution in [-0.4, -0.2) is 15.8 Å². The highest BCUT2D eigenvalue weighted by molar-refractivity contribution is 5.00. The lowest BCUT2D eigenvalue weighted by molar-refractivity contribution is 0.277. The molecule has 2 unspecified atom stereocenters. The number of hydrogen-bond donors (Lipinski definition) is 1. The molecule has 1 heterocycles. The SMILES string of the molecule is CCC1CCCC(NCc2ccn(C(CC)CC)n2)C1. The Balaban J connectivity index is 1.82. The number of nitrogens with one attached hydrogen (secondary N) is 1. The topological polar surface area (TPSA) is 29.9 Å². The van der Waals surface area contributed by atoms with E-state index in [0.717, 1.165) is 25.3 Å². The van der Waals surface area contributed by atoms with E-state index in [1.165, 1.54) is 37.8 Å². The van der Waals surface area contributed by atoms with Gasteiger partial charge in [-0.1, -0.05) is 40.0 Å². The molecule has 3 heteroatoms. The van der Waals surface area contributed by atoms with Crippen molar-refractivity contribution in [3.05, 3.63) is 18.0 Å². The summed E-state index contributed by atoms with van der Waals surface area (Å²) in [5.41, 5.74) is 1.19. The van der Waals surface area contributed by atoms with Crippen LogP contribution in [0.2, 0.25) is 0 Å². The second-order valence-corrected chi connectivity index (χ2v) is 6.28. The summed E-state index contributed by atoms with van der Waals surface area (Å²) in [5.74, 6) is 0.934. The molecule has 1 aromatic rings. The van der Waals surface area contributed by atoms with Gasteiger partial charge in [-0.2, -0.15) is 5.10 Å². The molecular formula is C17H31N3. The van der Waals surface area contributed by atoms with Crippen LogP contribution in [0, 0.1) is 5.92 Å². The summed E-state index contributed by atoms with van der Waals surface area (Å²) in [6, 6.07) is 3.43. The molecule has 20 heavy (non-hydrogen) atoms. The Kier molecular flexibility index (Phi) is 6.08. The highest BCUT2D eigenvalue weighted by Crippen LogP contribution is 2.26. The van der Waals surface area contributed by atoms with Gasteiger partial charge >= 0.3 is 0 Å². The molecule has 1 aliphatic carbocycles. The molecule has 2 rings (SSSR count). The third kappa shape index (κ3) is 4.08. The Morgan fingerprint density at radius 1 is 1.30 bits per heavy atom. The van der Waals surface area contributed by atoms with Crippen molar-refractivity contribution < 1.29 is 0 Å². The maximum Gasteiger partial charge on any atom is 0.0762 e. The fourth-order valence-electron chi connectivity index (χ4n) is 3.43. The lowest BCUT2D eigenvalue weighted by Gasteiger charge is -2.29. The Labute approximate surface area is 124 Å². The van der Waals surface area contributed by atoms with Crippen molar-refractivity contribution in [2.45, 2.75) is 84.3 Å². The van der Waals surface area contributed by atoms with Gasteiger partial charge in [0.15, 0.2) is 0 Å². The van der Waals surface area contributed by atoms with Crippen LogP contribution in [0.5, 0.6) is 0 Å². The third-order valence-electron chi connectivity index (χ3n) is 4.91. The highest BCUT2D eigenvalue weighted by atomic mass is 15.3. The van der Waals surface area contributed by atoms with Gasteiger partial charge < -0.3 is 5.32 Å². The van der Waals surface area contributed by atoms with E-state index in [1.54, 1.807) is 0 Å². The molecule has 1 saturated carbocycles. The predicted molar refractivity (Wildman–Crippen MR) is 84.7 cm³/mol. The van der Waals surface area contributed by atoms with Crippen LogP contribution in [0.4, 0.5) is 0 Å². The van der Waals surface area contributed by atoms with Gasteiger partial charge in [0, 0.05) is 18.8 Å². The molecule has 1 N–H and O–H groups in total. The molecular weight excluding hydrogens is 246 g/mol. The zero-order chi connectivity index (χ0) is 14.4. The molecule has 114 valence electrons. The van der Waals surface area contributed by atoms with Gasteiger partial charge in [0.05, 0.1) is 11.7 Å². The fraction of sp³-hybridized carbons (Fsp3) is 0.824. The first-order valence-electron chi connectivity index (χ1n) is 8.54. The maximum absolute atomic E-state index is 4.73. The zero-order valence-corrected chi connectivity index (χ0v) is 13.4. The van der Waals surface area contributed by atoms with Crippen LogP contribution in [0.25, 0.3) is 0 Å². The summed E-state index contributed by atoms with van der Waals surface area (Å²) in [4.78, 5) is 0. The summed E-state index contributed by atoms with van der Waals surface area (Å²) >= 11 is 0. The molecule has 0 saturated heterocycles. The van der Waals surface area contributed by atoms with Crippen LogP contribution in [0.15, 0.2) is 12.3 Å². The summed E-state index contributed by atoms with van der Waals surface area (Å²) in [5, 5.41) is 8.44. The van der Waals surface area contributed by atoms with E-state index in [4.69, 9.17) is 5.10 Å². The summed E-state index contributed by atoms with van der Waals surface area (Å²) in [7, 11) is 0. The Morgan fingerprint density at radius 3 is 2.80 bits per heavy atom. The van der Waals surface area contributed by atoms with E-state index in [-0.39, 0.29) is 0 Å². The molecule has 1 fully saturated rings. The van der Waals surface area contributed by atoms with Crippen LogP contribution < -0.4 is 5.32 Å². The normalized spacial score (nSPS) is 23.4. The molecule has 0 aromatic carbocycles. The number of nitrogens with zero attached hydrogens (tertiary/aromatic N) is 2. The number of aromatic nitrogens is 2. The Hall–Kier alpha value is -0.830. The van der Waals surface area contributed by atoms with Crippen molar-refractivity contribution in [2.75, 3.05) is 0 Å². The van der Waals surface area contributed by atoms with Crippen molar-refractivity contribution in [1.29, 1.82) is 0 Å². The van der Waals surface area contributed by atoms with E-state index in [2.05, 4.69) is 43.0 Å². The summed E-state index contributed by atoms with van der Waals surface area (Å²) in [6.45, 7) is 7.72. The molecule has 1 aliphatic rings. The molecule has 0 radical (unpaired) electrons. The Morgan fingerprint density at radius 2 is 2.10 bits per heavy atom. The highest BCUT2D eigenvalue weighted by Gasteiger charge is 2.20. The van der Waals surface area contributed by atoms with Crippen LogP contribution in [0.3, 0.4) is 0 Å². The quantitative estimate of drug-likeness (QED) is 0.805. The van der Waals surface area contributed by atoms with Crippen LogP contribution in [-0.2, 0) is 6.54 Å². The molecule has 0 spiro atoms. The second-order valence-electron chi connectivity index (χ2n) is 6.28. The van der Waals surface area contributed by atoms with Crippen molar-refractivity contribution >= 4 is 0 Å². The van der Waals surface area contributed by atoms with Crippen molar-refractivity contribution in [1.82, 2.24) is 15.1 Å². The molecule has 0 aliphatic heterocycles. The van der Waals surface area contributed by atoms with E-state index in [9.17, 15) is 0 Å². The van der Waals surface area contributed by atoms with Gasteiger partial charge in [0.25, 0.3) is 0 Å². The average molecular weight is 277 g/mol. The van der Waals surface area contributed by atoms with Gasteiger partial charge in [-0.05, 0) is 37.7 Å². The van der Waals surface area contributed by atoms with Crippen LogP contribution >= 0.6 is 0 Å². The van der Waals surface area contributed by atoms with E-state index >= 15 is 0 Å². The molecule has 0 amide bonds. The number of rotatable bonds is 7. The minimum atomic E-state index is 0.558. The first-order valence-corrected chi connectivity index (χ1v) is 8.54. The first kappa shape index (κ1) is 15.6. The second kappa shape index (κ2) is 7.82. The zero-order valence-electron chi connectivity index (χ0n) is 13.4. The van der Waals surface area contributed by atoms with Gasteiger partial charge in [-0.25, -0.2) is 0 Å². The largest absolute Gasteiger partial charge is 0.308 e. The molecule has 3 nitrogen and oxygen atoms in total. The monoisotopic (exact) mass is 277 g/mol. The van der Waals surface area contributed by atoms with Gasteiger partial charge in [0.1, 0.15) is 0 Å². The van der Waals surface area contributed by atoms with Crippen molar-refractivity contribution in [3.63, 3.8) is 0 Å². The van der Waals surface area contributed by atoms with E-state index < -0.39 is 0 Å². The Bertz CT molecular complexity index is 381. The third-order valence-corrected chi connectivity index (χ3v) is 4.91. The fourth-order valence-corrected chi connectivity index (χ4v) is 3.43. The van der Waals surface area contributed by atoms with Gasteiger partial charge in [0.2, 0.25) is 0 Å². The minimum absolute atomic E-state index is 0.558. The van der Waals surface area contributed by atoms with E-state index in [0.29, 0.717) is 12.1 Å². The minimum Gasteiger partial charge on any atom is -0.308 e. The maximum atomic E-state index is 4.73. The molecule has 1 aromatic heterocycles. The standard InChI is InChI=1S/C17H31N3/c1-4-14-8-7-9-15(12-14)18-13-16-10-11-20(19-16)17(5-2)6-3/h10-11,14-15,17-18H,4-9,12-13H2,1-3H3. The summed E-state index contributed by atoms with van der Waals surface area (Å²) < 4.78 is 2.15. The summed E-state index contributed by atoms with van der Waals surface area (Å²) in [6.07, 6.45) is 11.3. The molecule has 0 bridgehead atoms. The smallest absolute Gasteiger partial charge is 0.0762 e. The first-order chi connectivity index (χ1) is 9.76. The predicted octanol–water partition coefficient (Wildman–Crippen LogP) is 4.30. The van der Waals surface area contributed by atoms with Gasteiger partial charge in [-0.3, -0.25) is 4.68 Å². The average Bonchev–Trinajstić information content (AvgIpc) is 2.95. The number of hydrogen-bond acceptors (Lipinski definition) is 2.